The molecule has 0 amide bonds. The molecular weight excluding hydrogens is 392 g/mol. The first kappa shape index (κ1) is 21.4. The summed E-state index contributed by atoms with van der Waals surface area (Å²) in [6, 6.07) is 12.0. The predicted molar refractivity (Wildman–Crippen MR) is 123 cm³/mol. The van der Waals surface area contributed by atoms with E-state index in [0.29, 0.717) is 24.1 Å². The van der Waals surface area contributed by atoms with Crippen molar-refractivity contribution in [3.63, 3.8) is 0 Å². The second kappa shape index (κ2) is 9.12. The van der Waals surface area contributed by atoms with Crippen LogP contribution in [0.25, 0.3) is 11.0 Å². The number of benzene rings is 2. The van der Waals surface area contributed by atoms with Crippen LogP contribution in [0.15, 0.2) is 45.6 Å². The molecule has 2 heterocycles. The fraction of sp³-hybridized carbons (Fsp3) is 0.400. The lowest BCUT2D eigenvalue weighted by atomic mass is 9.99. The van der Waals surface area contributed by atoms with Gasteiger partial charge in [0.15, 0.2) is 0 Å². The summed E-state index contributed by atoms with van der Waals surface area (Å²) in [5.74, 6) is 0.221. The summed E-state index contributed by atoms with van der Waals surface area (Å²) in [5, 5.41) is 11.7. The first-order chi connectivity index (χ1) is 15.0. The molecule has 31 heavy (non-hydrogen) atoms. The molecule has 6 heteroatoms. The van der Waals surface area contributed by atoms with E-state index in [1.165, 1.54) is 17.3 Å². The van der Waals surface area contributed by atoms with Crippen LogP contribution in [0.1, 0.15) is 29.2 Å². The van der Waals surface area contributed by atoms with E-state index in [-0.39, 0.29) is 5.75 Å². The largest absolute Gasteiger partial charge is 0.507 e. The van der Waals surface area contributed by atoms with Crippen molar-refractivity contribution in [1.82, 2.24) is 4.90 Å². The molecule has 3 aromatic rings. The fourth-order valence-corrected chi connectivity index (χ4v) is 4.25. The van der Waals surface area contributed by atoms with Crippen LogP contribution in [-0.2, 0) is 24.2 Å². The van der Waals surface area contributed by atoms with E-state index >= 15 is 0 Å². The zero-order valence-corrected chi connectivity index (χ0v) is 18.5. The maximum Gasteiger partial charge on any atom is 0.336 e. The molecule has 0 atom stereocenters. The summed E-state index contributed by atoms with van der Waals surface area (Å²) >= 11 is 0. The molecule has 0 radical (unpaired) electrons. The first-order valence-electron chi connectivity index (χ1n) is 10.8. The molecule has 2 aromatic carbocycles. The van der Waals surface area contributed by atoms with Gasteiger partial charge in [-0.2, -0.15) is 0 Å². The topological polar surface area (TPSA) is 66.2 Å². The Morgan fingerprint density at radius 1 is 1.10 bits per heavy atom. The minimum absolute atomic E-state index is 0.221. The number of phenols is 1. The molecule has 0 spiro atoms. The quantitative estimate of drug-likeness (QED) is 0.609. The molecule has 6 nitrogen and oxygen atoms in total. The predicted octanol–water partition coefficient (Wildman–Crippen LogP) is 3.84. The van der Waals surface area contributed by atoms with Crippen molar-refractivity contribution in [3.05, 3.63) is 69.1 Å². The highest BCUT2D eigenvalue weighted by molar-refractivity contribution is 5.86. The number of fused-ring (bicyclic) bond motifs is 1. The van der Waals surface area contributed by atoms with E-state index in [1.54, 1.807) is 0 Å². The second-order valence-electron chi connectivity index (χ2n) is 8.28. The van der Waals surface area contributed by atoms with Gasteiger partial charge in [0.2, 0.25) is 0 Å². The molecule has 164 valence electrons. The molecule has 1 N–H and O–H groups in total. The monoisotopic (exact) mass is 422 g/mol. The minimum atomic E-state index is -0.392. The Kier molecular flexibility index (Phi) is 6.30. The van der Waals surface area contributed by atoms with Crippen molar-refractivity contribution in [2.45, 2.75) is 33.4 Å². The van der Waals surface area contributed by atoms with Gasteiger partial charge < -0.3 is 19.2 Å². The molecule has 0 saturated carbocycles. The van der Waals surface area contributed by atoms with Crippen LogP contribution in [0.3, 0.4) is 0 Å². The summed E-state index contributed by atoms with van der Waals surface area (Å²) in [5.41, 5.74) is 4.89. The van der Waals surface area contributed by atoms with Crippen LogP contribution in [0, 0.1) is 6.92 Å². The van der Waals surface area contributed by atoms with Crippen molar-refractivity contribution in [2.75, 3.05) is 38.3 Å². The van der Waals surface area contributed by atoms with Gasteiger partial charge in [0.05, 0.1) is 18.8 Å². The zero-order chi connectivity index (χ0) is 22.0. The fourth-order valence-electron chi connectivity index (χ4n) is 4.25. The Hall–Kier alpha value is -2.83. The lowest BCUT2D eigenvalue weighted by Gasteiger charge is -2.29. The van der Waals surface area contributed by atoms with Crippen molar-refractivity contribution in [2.24, 2.45) is 0 Å². The van der Waals surface area contributed by atoms with Crippen LogP contribution < -0.4 is 10.5 Å². The Morgan fingerprint density at radius 3 is 2.48 bits per heavy atom. The van der Waals surface area contributed by atoms with Gasteiger partial charge in [-0.05, 0) is 55.3 Å². The van der Waals surface area contributed by atoms with Crippen molar-refractivity contribution >= 4 is 16.7 Å². The Balaban J connectivity index is 1.56. The second-order valence-corrected chi connectivity index (χ2v) is 8.28. The highest BCUT2D eigenvalue weighted by Gasteiger charge is 2.18. The van der Waals surface area contributed by atoms with E-state index in [2.05, 4.69) is 34.1 Å². The van der Waals surface area contributed by atoms with Gasteiger partial charge in [-0.25, -0.2) is 4.79 Å². The summed E-state index contributed by atoms with van der Waals surface area (Å²) < 4.78 is 11.0. The van der Waals surface area contributed by atoms with Crippen LogP contribution in [0.5, 0.6) is 5.75 Å². The molecule has 1 fully saturated rings. The molecule has 0 aliphatic carbocycles. The highest BCUT2D eigenvalue weighted by atomic mass is 16.5. The van der Waals surface area contributed by atoms with Gasteiger partial charge in [-0.3, -0.25) is 4.90 Å². The van der Waals surface area contributed by atoms with E-state index in [1.807, 2.05) is 27.0 Å². The molecule has 4 rings (SSSR count). The number of hydrogen-bond donors (Lipinski definition) is 1. The van der Waals surface area contributed by atoms with Gasteiger partial charge in [0, 0.05) is 43.3 Å². The number of morpholine rings is 1. The number of aromatic hydroxyl groups is 1. The van der Waals surface area contributed by atoms with Crippen LogP contribution in [0.2, 0.25) is 0 Å². The molecule has 1 aliphatic heterocycles. The Morgan fingerprint density at radius 2 is 1.81 bits per heavy atom. The Bertz CT molecular complexity index is 1120. The van der Waals surface area contributed by atoms with E-state index < -0.39 is 5.63 Å². The third kappa shape index (κ3) is 4.60. The summed E-state index contributed by atoms with van der Waals surface area (Å²) in [4.78, 5) is 16.4. The van der Waals surface area contributed by atoms with E-state index in [4.69, 9.17) is 9.15 Å². The highest BCUT2D eigenvalue weighted by Crippen LogP contribution is 2.33. The summed E-state index contributed by atoms with van der Waals surface area (Å²) in [6.07, 6.45) is 0.708. The SMILES string of the molecule is CCc1cc2c(C)cc(=O)oc2c(CN(C)Cc2ccc(N3CCOCC3)cc2)c1O. The maximum atomic E-state index is 12.0. The number of nitrogens with zero attached hydrogens (tertiary/aromatic N) is 2. The first-order valence-corrected chi connectivity index (χ1v) is 10.8. The molecule has 1 saturated heterocycles. The lowest BCUT2D eigenvalue weighted by Crippen LogP contribution is -2.36. The molecular formula is C25H30N2O4. The average molecular weight is 423 g/mol. The third-order valence-electron chi connectivity index (χ3n) is 5.96. The number of hydrogen-bond acceptors (Lipinski definition) is 6. The van der Waals surface area contributed by atoms with Crippen molar-refractivity contribution < 1.29 is 14.3 Å². The van der Waals surface area contributed by atoms with E-state index in [0.717, 1.165) is 49.4 Å². The average Bonchev–Trinajstić information content (AvgIpc) is 2.77. The number of ether oxygens (including phenoxy) is 1. The number of rotatable bonds is 6. The molecule has 1 aliphatic rings. The number of phenolic OH excluding ortho intramolecular Hbond substituents is 1. The minimum Gasteiger partial charge on any atom is -0.507 e. The molecule has 1 aromatic heterocycles. The van der Waals surface area contributed by atoms with Gasteiger partial charge in [0.1, 0.15) is 11.3 Å². The van der Waals surface area contributed by atoms with Gasteiger partial charge in [0.25, 0.3) is 0 Å². The summed E-state index contributed by atoms with van der Waals surface area (Å²) in [7, 11) is 2.01. The van der Waals surface area contributed by atoms with Crippen molar-refractivity contribution in [1.29, 1.82) is 0 Å². The molecule has 0 bridgehead atoms. The smallest absolute Gasteiger partial charge is 0.336 e. The zero-order valence-electron chi connectivity index (χ0n) is 18.5. The lowest BCUT2D eigenvalue weighted by molar-refractivity contribution is 0.122. The van der Waals surface area contributed by atoms with Gasteiger partial charge >= 0.3 is 5.63 Å². The normalized spacial score (nSPS) is 14.5. The maximum absolute atomic E-state index is 12.0. The standard InChI is InChI=1S/C25H30N2O4/c1-4-19-14-21-17(2)13-23(28)31-25(21)22(24(19)29)16-26(3)15-18-5-7-20(8-6-18)27-9-11-30-12-10-27/h5-8,13-14,29H,4,9-12,15-16H2,1-3H3. The molecule has 0 unspecified atom stereocenters. The number of anilines is 1. The summed E-state index contributed by atoms with van der Waals surface area (Å²) in [6.45, 7) is 8.50. The van der Waals surface area contributed by atoms with Gasteiger partial charge in [-0.1, -0.05) is 19.1 Å². The number of aryl methyl sites for hydroxylation is 2. The third-order valence-corrected chi connectivity index (χ3v) is 5.96. The van der Waals surface area contributed by atoms with Crippen LogP contribution >= 0.6 is 0 Å². The van der Waals surface area contributed by atoms with Crippen LogP contribution in [0.4, 0.5) is 5.69 Å². The Labute approximate surface area is 182 Å². The van der Waals surface area contributed by atoms with Crippen LogP contribution in [-0.4, -0.2) is 43.4 Å². The van der Waals surface area contributed by atoms with Gasteiger partial charge in [-0.15, -0.1) is 0 Å². The van der Waals surface area contributed by atoms with E-state index in [9.17, 15) is 9.90 Å². The van der Waals surface area contributed by atoms with Crippen molar-refractivity contribution in [3.8, 4) is 5.75 Å².